The number of hydrogen-bond donors (Lipinski definition) is 1. The third-order valence-electron chi connectivity index (χ3n) is 3.84. The Labute approximate surface area is 109 Å². The number of ether oxygens (including phenoxy) is 2. The van der Waals surface area contributed by atoms with Crippen LogP contribution in [0.1, 0.15) is 57.8 Å². The zero-order valence-corrected chi connectivity index (χ0v) is 10.9. The van der Waals surface area contributed by atoms with Crippen molar-refractivity contribution >= 4 is 6.29 Å². The summed E-state index contributed by atoms with van der Waals surface area (Å²) in [7, 11) is 0. The van der Waals surface area contributed by atoms with Gasteiger partial charge in [-0.05, 0) is 12.8 Å². The Morgan fingerprint density at radius 3 is 2.39 bits per heavy atom. The number of carbonyl (C=O) groups excluding carboxylic acids is 1. The van der Waals surface area contributed by atoms with Gasteiger partial charge in [0.25, 0.3) is 0 Å². The lowest BCUT2D eigenvalue weighted by molar-refractivity contribution is -0.229. The smallest absolute Gasteiger partial charge is 0.161 e. The molecule has 0 spiro atoms. The minimum atomic E-state index is -0.507. The van der Waals surface area contributed by atoms with Gasteiger partial charge in [-0.3, -0.25) is 0 Å². The van der Waals surface area contributed by atoms with Gasteiger partial charge in [0.15, 0.2) is 6.29 Å². The van der Waals surface area contributed by atoms with Gasteiger partial charge in [0.1, 0.15) is 12.4 Å². The van der Waals surface area contributed by atoms with Crippen LogP contribution in [0.25, 0.3) is 0 Å². The summed E-state index contributed by atoms with van der Waals surface area (Å²) in [6, 6.07) is 0. The van der Waals surface area contributed by atoms with Gasteiger partial charge in [-0.1, -0.05) is 32.1 Å². The summed E-state index contributed by atoms with van der Waals surface area (Å²) >= 11 is 0. The third-order valence-corrected chi connectivity index (χ3v) is 3.84. The highest BCUT2D eigenvalue weighted by molar-refractivity contribution is 5.56. The summed E-state index contributed by atoms with van der Waals surface area (Å²) in [5.41, 5.74) is 0. The fourth-order valence-corrected chi connectivity index (χ4v) is 2.84. The normalized spacial score (nSPS) is 35.7. The molecule has 0 radical (unpaired) electrons. The highest BCUT2D eigenvalue weighted by Gasteiger charge is 2.30. The van der Waals surface area contributed by atoms with E-state index in [-0.39, 0.29) is 6.10 Å². The van der Waals surface area contributed by atoms with Gasteiger partial charge in [-0.25, -0.2) is 0 Å². The Bertz CT molecular complexity index is 248. The molecule has 2 unspecified atom stereocenters. The lowest BCUT2D eigenvalue weighted by Gasteiger charge is -2.33. The van der Waals surface area contributed by atoms with Crippen molar-refractivity contribution in [2.24, 2.45) is 0 Å². The van der Waals surface area contributed by atoms with Gasteiger partial charge >= 0.3 is 0 Å². The van der Waals surface area contributed by atoms with Gasteiger partial charge in [-0.15, -0.1) is 0 Å². The highest BCUT2D eigenvalue weighted by Crippen LogP contribution is 2.25. The third kappa shape index (κ3) is 4.34. The van der Waals surface area contributed by atoms with Crippen molar-refractivity contribution in [1.29, 1.82) is 0 Å². The van der Waals surface area contributed by atoms with Crippen LogP contribution in [-0.2, 0) is 14.3 Å². The molecular weight excluding hydrogens is 232 g/mol. The zero-order valence-electron chi connectivity index (χ0n) is 10.9. The van der Waals surface area contributed by atoms with E-state index in [4.69, 9.17) is 9.47 Å². The van der Waals surface area contributed by atoms with Crippen LogP contribution in [0.5, 0.6) is 0 Å². The lowest BCUT2D eigenvalue weighted by Crippen LogP contribution is -2.39. The molecule has 2 fully saturated rings. The van der Waals surface area contributed by atoms with Crippen LogP contribution in [-0.4, -0.2) is 36.0 Å². The molecule has 2 rings (SSSR count). The van der Waals surface area contributed by atoms with E-state index in [0.29, 0.717) is 12.8 Å². The van der Waals surface area contributed by atoms with E-state index in [9.17, 15) is 9.90 Å². The summed E-state index contributed by atoms with van der Waals surface area (Å²) in [4.78, 5) is 10.8. The summed E-state index contributed by atoms with van der Waals surface area (Å²) < 4.78 is 11.5. The zero-order chi connectivity index (χ0) is 12.8. The van der Waals surface area contributed by atoms with Crippen molar-refractivity contribution in [2.75, 3.05) is 0 Å². The standard InChI is InChI=1S/C14H24O4/c15-10-13-8-11(16)9-14(18-13)17-12-6-4-2-1-3-5-7-12/h10-14,16H,1-9H2/t11?,13?,14-/m1/s1. The van der Waals surface area contributed by atoms with Gasteiger partial charge in [-0.2, -0.15) is 0 Å². The monoisotopic (exact) mass is 256 g/mol. The molecule has 1 saturated carbocycles. The molecule has 0 aromatic carbocycles. The fourth-order valence-electron chi connectivity index (χ4n) is 2.84. The summed E-state index contributed by atoms with van der Waals surface area (Å²) in [6.07, 6.45) is 8.93. The second-order valence-electron chi connectivity index (χ2n) is 5.47. The van der Waals surface area contributed by atoms with Crippen molar-refractivity contribution in [1.82, 2.24) is 0 Å². The van der Waals surface area contributed by atoms with Crippen LogP contribution in [0, 0.1) is 0 Å². The first-order chi connectivity index (χ1) is 8.78. The molecule has 1 saturated heterocycles. The number of aldehydes is 1. The molecule has 0 amide bonds. The molecule has 2 aliphatic rings. The molecule has 1 aliphatic carbocycles. The van der Waals surface area contributed by atoms with Gasteiger partial charge in [0.2, 0.25) is 0 Å². The van der Waals surface area contributed by atoms with Crippen LogP contribution < -0.4 is 0 Å². The second-order valence-corrected chi connectivity index (χ2v) is 5.47. The first-order valence-electron chi connectivity index (χ1n) is 7.22. The Morgan fingerprint density at radius 1 is 1.06 bits per heavy atom. The molecule has 1 aliphatic heterocycles. The number of aliphatic hydroxyl groups excluding tert-OH is 1. The molecular formula is C14H24O4. The van der Waals surface area contributed by atoms with Crippen molar-refractivity contribution < 1.29 is 19.4 Å². The number of hydrogen-bond acceptors (Lipinski definition) is 4. The van der Waals surface area contributed by atoms with Crippen molar-refractivity contribution in [3.8, 4) is 0 Å². The van der Waals surface area contributed by atoms with Crippen LogP contribution >= 0.6 is 0 Å². The number of aliphatic hydroxyl groups is 1. The van der Waals surface area contributed by atoms with Crippen LogP contribution in [0.2, 0.25) is 0 Å². The van der Waals surface area contributed by atoms with E-state index in [0.717, 1.165) is 19.1 Å². The number of rotatable bonds is 3. The van der Waals surface area contributed by atoms with E-state index in [1.54, 1.807) is 0 Å². The van der Waals surface area contributed by atoms with Crippen molar-refractivity contribution in [2.45, 2.75) is 82.4 Å². The predicted molar refractivity (Wildman–Crippen MR) is 67.2 cm³/mol. The Morgan fingerprint density at radius 2 is 1.72 bits per heavy atom. The molecule has 0 bridgehead atoms. The molecule has 3 atom stereocenters. The van der Waals surface area contributed by atoms with Crippen molar-refractivity contribution in [3.63, 3.8) is 0 Å². The minimum Gasteiger partial charge on any atom is -0.393 e. The van der Waals surface area contributed by atoms with Gasteiger partial charge in [0, 0.05) is 12.8 Å². The van der Waals surface area contributed by atoms with Crippen molar-refractivity contribution in [3.05, 3.63) is 0 Å². The average molecular weight is 256 g/mol. The lowest BCUT2D eigenvalue weighted by atomic mass is 9.98. The molecule has 4 heteroatoms. The number of carbonyl (C=O) groups is 1. The van der Waals surface area contributed by atoms with Gasteiger partial charge in [0.05, 0.1) is 12.2 Å². The van der Waals surface area contributed by atoms with Crippen LogP contribution in [0.15, 0.2) is 0 Å². The first kappa shape index (κ1) is 14.0. The molecule has 0 aromatic rings. The SMILES string of the molecule is O=CC1CC(O)C[C@H](OC2CCCCCCC2)O1. The van der Waals surface area contributed by atoms with E-state index in [1.807, 2.05) is 0 Å². The average Bonchev–Trinajstić information content (AvgIpc) is 2.31. The maximum Gasteiger partial charge on any atom is 0.161 e. The summed E-state index contributed by atoms with van der Waals surface area (Å²) in [6.45, 7) is 0. The summed E-state index contributed by atoms with van der Waals surface area (Å²) in [5.74, 6) is 0. The largest absolute Gasteiger partial charge is 0.393 e. The van der Waals surface area contributed by atoms with Gasteiger partial charge < -0.3 is 19.4 Å². The molecule has 1 N–H and O–H groups in total. The first-order valence-corrected chi connectivity index (χ1v) is 7.22. The maximum absolute atomic E-state index is 10.8. The quantitative estimate of drug-likeness (QED) is 0.786. The van der Waals surface area contributed by atoms with E-state index >= 15 is 0 Å². The Kier molecular flexibility index (Phi) is 5.60. The Balaban J connectivity index is 1.80. The van der Waals surface area contributed by atoms with E-state index in [1.165, 1.54) is 32.1 Å². The molecule has 1 heterocycles. The highest BCUT2D eigenvalue weighted by atomic mass is 16.7. The molecule has 18 heavy (non-hydrogen) atoms. The Hall–Kier alpha value is -0.450. The summed E-state index contributed by atoms with van der Waals surface area (Å²) in [5, 5.41) is 9.69. The van der Waals surface area contributed by atoms with Crippen LogP contribution in [0.4, 0.5) is 0 Å². The minimum absolute atomic E-state index is 0.230. The predicted octanol–water partition coefficient (Wildman–Crippen LogP) is 2.18. The van der Waals surface area contributed by atoms with Crippen LogP contribution in [0.3, 0.4) is 0 Å². The second kappa shape index (κ2) is 7.22. The molecule has 104 valence electrons. The molecule has 4 nitrogen and oxygen atoms in total. The maximum atomic E-state index is 10.8. The fraction of sp³-hybridized carbons (Fsp3) is 0.929. The van der Waals surface area contributed by atoms with E-state index in [2.05, 4.69) is 0 Å². The topological polar surface area (TPSA) is 55.8 Å². The molecule has 0 aromatic heterocycles. The van der Waals surface area contributed by atoms with E-state index < -0.39 is 18.5 Å².